The number of carbonyl (C=O) groups is 1. The van der Waals surface area contributed by atoms with Gasteiger partial charge in [-0.15, -0.1) is 0 Å². The lowest BCUT2D eigenvalue weighted by molar-refractivity contribution is 0.0950. The highest BCUT2D eigenvalue weighted by atomic mass is 16.5. The zero-order chi connectivity index (χ0) is 15.2. The SMILES string of the molecule is COc1cc(OC)c(N)c(C(=O)NCCC2CCOC2)c1. The third-order valence-electron chi connectivity index (χ3n) is 3.68. The third-order valence-corrected chi connectivity index (χ3v) is 3.68. The highest BCUT2D eigenvalue weighted by molar-refractivity contribution is 6.00. The third kappa shape index (κ3) is 3.78. The van der Waals surface area contributed by atoms with E-state index in [-0.39, 0.29) is 5.91 Å². The molecular weight excluding hydrogens is 272 g/mol. The van der Waals surface area contributed by atoms with Gasteiger partial charge in [0.05, 0.1) is 25.5 Å². The van der Waals surface area contributed by atoms with Crippen molar-refractivity contribution in [2.24, 2.45) is 5.92 Å². The minimum Gasteiger partial charge on any atom is -0.497 e. The Balaban J connectivity index is 2.00. The summed E-state index contributed by atoms with van der Waals surface area (Å²) < 4.78 is 15.6. The highest BCUT2D eigenvalue weighted by Gasteiger charge is 2.18. The van der Waals surface area contributed by atoms with Crippen molar-refractivity contribution in [2.45, 2.75) is 12.8 Å². The number of methoxy groups -OCH3 is 2. The van der Waals surface area contributed by atoms with Gasteiger partial charge in [-0.1, -0.05) is 0 Å². The minimum atomic E-state index is -0.219. The van der Waals surface area contributed by atoms with Crippen LogP contribution in [0.3, 0.4) is 0 Å². The van der Waals surface area contributed by atoms with E-state index in [2.05, 4.69) is 5.32 Å². The van der Waals surface area contributed by atoms with Crippen molar-refractivity contribution in [2.75, 3.05) is 39.7 Å². The summed E-state index contributed by atoms with van der Waals surface area (Å²) in [4.78, 5) is 12.2. The molecule has 1 aliphatic heterocycles. The molecule has 1 unspecified atom stereocenters. The summed E-state index contributed by atoms with van der Waals surface area (Å²) in [7, 11) is 3.04. The number of rotatable bonds is 6. The van der Waals surface area contributed by atoms with Crippen LogP contribution in [0.25, 0.3) is 0 Å². The normalized spacial score (nSPS) is 17.5. The van der Waals surface area contributed by atoms with Gasteiger partial charge in [0, 0.05) is 25.8 Å². The molecule has 2 rings (SSSR count). The van der Waals surface area contributed by atoms with E-state index in [1.165, 1.54) is 14.2 Å². The van der Waals surface area contributed by atoms with Gasteiger partial charge in [-0.25, -0.2) is 0 Å². The van der Waals surface area contributed by atoms with Crippen LogP contribution in [0.2, 0.25) is 0 Å². The molecule has 1 fully saturated rings. The molecule has 6 heteroatoms. The molecule has 1 aromatic rings. The average Bonchev–Trinajstić information content (AvgIpc) is 3.00. The maximum Gasteiger partial charge on any atom is 0.253 e. The number of amides is 1. The lowest BCUT2D eigenvalue weighted by Gasteiger charge is -2.13. The molecule has 3 N–H and O–H groups in total. The van der Waals surface area contributed by atoms with Gasteiger partial charge < -0.3 is 25.3 Å². The second-order valence-electron chi connectivity index (χ2n) is 5.07. The van der Waals surface area contributed by atoms with Crippen LogP contribution in [-0.4, -0.2) is 39.9 Å². The Hall–Kier alpha value is -1.95. The maximum absolute atomic E-state index is 12.2. The number of anilines is 1. The first-order chi connectivity index (χ1) is 10.2. The minimum absolute atomic E-state index is 0.219. The summed E-state index contributed by atoms with van der Waals surface area (Å²) in [6.45, 7) is 2.20. The fourth-order valence-electron chi connectivity index (χ4n) is 2.37. The average molecular weight is 294 g/mol. The lowest BCUT2D eigenvalue weighted by atomic mass is 10.1. The van der Waals surface area contributed by atoms with Gasteiger partial charge in [0.25, 0.3) is 5.91 Å². The molecule has 0 bridgehead atoms. The van der Waals surface area contributed by atoms with E-state index >= 15 is 0 Å². The van der Waals surface area contributed by atoms with Crippen molar-refractivity contribution in [1.82, 2.24) is 5.32 Å². The molecule has 1 saturated heterocycles. The van der Waals surface area contributed by atoms with Crippen LogP contribution in [0.5, 0.6) is 11.5 Å². The Morgan fingerprint density at radius 1 is 1.43 bits per heavy atom. The molecule has 1 aliphatic rings. The maximum atomic E-state index is 12.2. The number of hydrogen-bond donors (Lipinski definition) is 2. The molecule has 1 heterocycles. The van der Waals surface area contributed by atoms with Crippen LogP contribution >= 0.6 is 0 Å². The second-order valence-corrected chi connectivity index (χ2v) is 5.07. The number of nitrogen functional groups attached to an aromatic ring is 1. The van der Waals surface area contributed by atoms with Gasteiger partial charge >= 0.3 is 0 Å². The molecule has 21 heavy (non-hydrogen) atoms. The Bertz CT molecular complexity index is 499. The standard InChI is InChI=1S/C15H22N2O4/c1-19-11-7-12(14(16)13(8-11)20-2)15(18)17-5-3-10-4-6-21-9-10/h7-8,10H,3-6,9,16H2,1-2H3,(H,17,18). The number of nitrogens with one attached hydrogen (secondary N) is 1. The van der Waals surface area contributed by atoms with Gasteiger partial charge in [-0.3, -0.25) is 4.79 Å². The summed E-state index contributed by atoms with van der Waals surface area (Å²) in [5.74, 6) is 1.28. The van der Waals surface area contributed by atoms with Gasteiger partial charge in [-0.05, 0) is 24.8 Å². The molecule has 1 amide bonds. The van der Waals surface area contributed by atoms with E-state index in [1.807, 2.05) is 0 Å². The molecule has 1 aromatic carbocycles. The Morgan fingerprint density at radius 3 is 2.86 bits per heavy atom. The van der Waals surface area contributed by atoms with Gasteiger partial charge in [0.1, 0.15) is 11.5 Å². The van der Waals surface area contributed by atoms with E-state index in [4.69, 9.17) is 19.9 Å². The van der Waals surface area contributed by atoms with Crippen LogP contribution in [0.4, 0.5) is 5.69 Å². The van der Waals surface area contributed by atoms with Gasteiger partial charge in [0.15, 0.2) is 0 Å². The monoisotopic (exact) mass is 294 g/mol. The Morgan fingerprint density at radius 2 is 2.24 bits per heavy atom. The number of ether oxygens (including phenoxy) is 3. The molecule has 116 valence electrons. The molecule has 0 aromatic heterocycles. The smallest absolute Gasteiger partial charge is 0.253 e. The van der Waals surface area contributed by atoms with Gasteiger partial charge in [0.2, 0.25) is 0 Å². The first kappa shape index (κ1) is 15.4. The lowest BCUT2D eigenvalue weighted by Crippen LogP contribution is -2.27. The van der Waals surface area contributed by atoms with Crippen LogP contribution < -0.4 is 20.5 Å². The molecule has 0 spiro atoms. The van der Waals surface area contributed by atoms with Crippen molar-refractivity contribution >= 4 is 11.6 Å². The first-order valence-corrected chi connectivity index (χ1v) is 7.03. The predicted octanol–water partition coefficient (Wildman–Crippen LogP) is 1.44. The topological polar surface area (TPSA) is 82.8 Å². The van der Waals surface area contributed by atoms with Crippen LogP contribution in [0.1, 0.15) is 23.2 Å². The quantitative estimate of drug-likeness (QED) is 0.776. The van der Waals surface area contributed by atoms with E-state index < -0.39 is 0 Å². The molecule has 6 nitrogen and oxygen atoms in total. The van der Waals surface area contributed by atoms with Crippen molar-refractivity contribution in [3.63, 3.8) is 0 Å². The first-order valence-electron chi connectivity index (χ1n) is 7.03. The van der Waals surface area contributed by atoms with Crippen LogP contribution in [-0.2, 0) is 4.74 Å². The molecule has 1 atom stereocenters. The number of nitrogens with two attached hydrogens (primary N) is 1. The van der Waals surface area contributed by atoms with Crippen LogP contribution in [0.15, 0.2) is 12.1 Å². The van der Waals surface area contributed by atoms with Crippen LogP contribution in [0, 0.1) is 5.92 Å². The zero-order valence-corrected chi connectivity index (χ0v) is 12.5. The summed E-state index contributed by atoms with van der Waals surface area (Å²) in [6, 6.07) is 3.27. The second kappa shape index (κ2) is 7.17. The van der Waals surface area contributed by atoms with Crippen molar-refractivity contribution in [3.05, 3.63) is 17.7 Å². The van der Waals surface area contributed by atoms with E-state index in [0.717, 1.165) is 26.1 Å². The Kier molecular flexibility index (Phi) is 5.27. The van der Waals surface area contributed by atoms with E-state index in [9.17, 15) is 4.79 Å². The summed E-state index contributed by atoms with van der Waals surface area (Å²) in [5.41, 5.74) is 6.64. The van der Waals surface area contributed by atoms with E-state index in [1.54, 1.807) is 12.1 Å². The number of benzene rings is 1. The van der Waals surface area contributed by atoms with Crippen molar-refractivity contribution in [3.8, 4) is 11.5 Å². The Labute approximate surface area is 124 Å². The van der Waals surface area contributed by atoms with Crippen molar-refractivity contribution in [1.29, 1.82) is 0 Å². The molecular formula is C15H22N2O4. The van der Waals surface area contributed by atoms with Crippen molar-refractivity contribution < 1.29 is 19.0 Å². The summed E-state index contributed by atoms with van der Waals surface area (Å²) in [5, 5.41) is 2.88. The fraction of sp³-hybridized carbons (Fsp3) is 0.533. The molecule has 0 radical (unpaired) electrons. The number of carbonyl (C=O) groups excluding carboxylic acids is 1. The zero-order valence-electron chi connectivity index (χ0n) is 12.5. The summed E-state index contributed by atoms with van der Waals surface area (Å²) in [6.07, 6.45) is 1.97. The van der Waals surface area contributed by atoms with Gasteiger partial charge in [-0.2, -0.15) is 0 Å². The summed E-state index contributed by atoms with van der Waals surface area (Å²) >= 11 is 0. The highest BCUT2D eigenvalue weighted by Crippen LogP contribution is 2.31. The van der Waals surface area contributed by atoms with E-state index in [0.29, 0.717) is 35.2 Å². The molecule has 0 saturated carbocycles. The molecule has 0 aliphatic carbocycles. The number of hydrogen-bond acceptors (Lipinski definition) is 5. The fourth-order valence-corrected chi connectivity index (χ4v) is 2.37. The predicted molar refractivity (Wildman–Crippen MR) is 79.8 cm³/mol. The largest absolute Gasteiger partial charge is 0.497 e.